The van der Waals surface area contributed by atoms with Crippen molar-refractivity contribution in [2.75, 3.05) is 31.5 Å². The first-order valence-corrected chi connectivity index (χ1v) is 9.15. The summed E-state index contributed by atoms with van der Waals surface area (Å²) >= 11 is 12.2. The molecule has 6 nitrogen and oxygen atoms in total. The van der Waals surface area contributed by atoms with Crippen LogP contribution in [-0.2, 0) is 4.79 Å². The topological polar surface area (TPSA) is 67.0 Å². The number of carbonyl (C=O) groups excluding carboxylic acids is 2. The van der Waals surface area contributed by atoms with E-state index >= 15 is 0 Å². The summed E-state index contributed by atoms with van der Waals surface area (Å²) in [6, 6.07) is 8.15. The Morgan fingerprint density at radius 1 is 1.15 bits per heavy atom. The van der Waals surface area contributed by atoms with E-state index in [1.54, 1.807) is 35.2 Å². The number of carbonyl (C=O) groups is 2. The third kappa shape index (κ3) is 4.03. The van der Waals surface area contributed by atoms with Gasteiger partial charge in [0, 0.05) is 0 Å². The van der Waals surface area contributed by atoms with Gasteiger partial charge in [-0.3, -0.25) is 9.59 Å². The molecule has 0 spiro atoms. The number of hydrogen-bond donors (Lipinski definition) is 2. The molecular formula is C18H20Cl2N3O3+. The molecule has 1 aromatic carbocycles. The fourth-order valence-corrected chi connectivity index (χ4v) is 3.51. The normalized spacial score (nSPS) is 16.3. The van der Waals surface area contributed by atoms with Crippen LogP contribution < -0.4 is 10.2 Å². The van der Waals surface area contributed by atoms with Gasteiger partial charge in [0.2, 0.25) is 0 Å². The minimum atomic E-state index is -0.289. The largest absolute Gasteiger partial charge is 0.459 e. The lowest BCUT2D eigenvalue weighted by Crippen LogP contribution is -3.19. The number of rotatable bonds is 4. The number of nitrogens with one attached hydrogen (secondary N) is 2. The van der Waals surface area contributed by atoms with E-state index in [2.05, 4.69) is 5.32 Å². The molecule has 2 aromatic rings. The van der Waals surface area contributed by atoms with Crippen LogP contribution in [0, 0.1) is 0 Å². The summed E-state index contributed by atoms with van der Waals surface area (Å²) in [5.41, 5.74) is 0.429. The number of furan rings is 1. The summed E-state index contributed by atoms with van der Waals surface area (Å²) in [6.07, 6.45) is 1.49. The van der Waals surface area contributed by atoms with Gasteiger partial charge in [0.25, 0.3) is 11.8 Å². The van der Waals surface area contributed by atoms with E-state index in [0.717, 1.165) is 4.90 Å². The van der Waals surface area contributed by atoms with Gasteiger partial charge in [-0.05, 0) is 31.2 Å². The van der Waals surface area contributed by atoms with Crippen molar-refractivity contribution in [1.29, 1.82) is 0 Å². The monoisotopic (exact) mass is 396 g/mol. The zero-order valence-corrected chi connectivity index (χ0v) is 15.8. The third-order valence-electron chi connectivity index (χ3n) is 4.64. The van der Waals surface area contributed by atoms with E-state index < -0.39 is 0 Å². The fourth-order valence-electron chi connectivity index (χ4n) is 3.02. The first-order chi connectivity index (χ1) is 12.5. The van der Waals surface area contributed by atoms with Crippen LogP contribution in [-0.4, -0.2) is 48.9 Å². The predicted octanol–water partition coefficient (Wildman–Crippen LogP) is 1.95. The molecule has 26 heavy (non-hydrogen) atoms. The minimum absolute atomic E-state index is 0.117. The van der Waals surface area contributed by atoms with E-state index in [0.29, 0.717) is 47.7 Å². The predicted molar refractivity (Wildman–Crippen MR) is 99.9 cm³/mol. The summed E-state index contributed by atoms with van der Waals surface area (Å²) in [5, 5.41) is 3.62. The van der Waals surface area contributed by atoms with E-state index in [9.17, 15) is 9.59 Å². The van der Waals surface area contributed by atoms with Gasteiger partial charge in [-0.25, -0.2) is 0 Å². The highest BCUT2D eigenvalue weighted by molar-refractivity contribution is 6.39. The second-order valence-corrected chi connectivity index (χ2v) is 7.05. The lowest BCUT2D eigenvalue weighted by Gasteiger charge is -2.34. The molecular weight excluding hydrogens is 377 g/mol. The Balaban J connectivity index is 1.57. The van der Waals surface area contributed by atoms with Crippen molar-refractivity contribution in [2.45, 2.75) is 13.0 Å². The molecule has 1 saturated heterocycles. The summed E-state index contributed by atoms with van der Waals surface area (Å²) < 4.78 is 5.16. The average Bonchev–Trinajstić information content (AvgIpc) is 3.18. The Kier molecular flexibility index (Phi) is 5.86. The number of halogens is 2. The highest BCUT2D eigenvalue weighted by Crippen LogP contribution is 2.29. The molecule has 0 radical (unpaired) electrons. The quantitative estimate of drug-likeness (QED) is 0.829. The molecule has 1 fully saturated rings. The van der Waals surface area contributed by atoms with Crippen LogP contribution in [0.4, 0.5) is 5.69 Å². The van der Waals surface area contributed by atoms with Gasteiger partial charge in [0.05, 0.1) is 48.2 Å². The van der Waals surface area contributed by atoms with Gasteiger partial charge < -0.3 is 19.5 Å². The Hall–Kier alpha value is -2.02. The lowest BCUT2D eigenvalue weighted by molar-refractivity contribution is -0.917. The van der Waals surface area contributed by atoms with Crippen molar-refractivity contribution in [3.63, 3.8) is 0 Å². The summed E-state index contributed by atoms with van der Waals surface area (Å²) in [5.74, 6) is 0.0717. The van der Waals surface area contributed by atoms with E-state index in [4.69, 9.17) is 27.6 Å². The minimum Gasteiger partial charge on any atom is -0.459 e. The molecule has 0 bridgehead atoms. The second kappa shape index (κ2) is 8.12. The maximum absolute atomic E-state index is 12.6. The van der Waals surface area contributed by atoms with Gasteiger partial charge in [-0.2, -0.15) is 0 Å². The molecule has 0 saturated carbocycles. The van der Waals surface area contributed by atoms with Crippen LogP contribution in [0.2, 0.25) is 10.0 Å². The number of para-hydroxylation sites is 1. The molecule has 1 aromatic heterocycles. The maximum atomic E-state index is 12.6. The summed E-state index contributed by atoms with van der Waals surface area (Å²) in [6.45, 7) is 4.35. The molecule has 138 valence electrons. The standard InChI is InChI=1S/C18H19Cl2N3O3/c1-12(17(24)21-16-13(19)4-2-5-14(16)20)22-7-9-23(10-8-22)18(25)15-6-3-11-26-15/h2-6,11-12H,7-10H2,1H3,(H,21,24)/p+1/t12-/m0/s1. The molecule has 8 heteroatoms. The van der Waals surface area contributed by atoms with Gasteiger partial charge >= 0.3 is 0 Å². The van der Waals surface area contributed by atoms with Crippen LogP contribution in [0.25, 0.3) is 0 Å². The molecule has 1 aliphatic rings. The second-order valence-electron chi connectivity index (χ2n) is 6.24. The number of amides is 2. The summed E-state index contributed by atoms with van der Waals surface area (Å²) in [7, 11) is 0. The van der Waals surface area contributed by atoms with Gasteiger partial charge in [0.15, 0.2) is 11.8 Å². The molecule has 2 heterocycles. The van der Waals surface area contributed by atoms with E-state index in [-0.39, 0.29) is 17.9 Å². The van der Waals surface area contributed by atoms with Crippen LogP contribution in [0.5, 0.6) is 0 Å². The Bertz CT molecular complexity index is 767. The molecule has 1 atom stereocenters. The Morgan fingerprint density at radius 3 is 2.38 bits per heavy atom. The Morgan fingerprint density at radius 2 is 1.81 bits per heavy atom. The van der Waals surface area contributed by atoms with Crippen LogP contribution in [0.15, 0.2) is 41.0 Å². The van der Waals surface area contributed by atoms with Crippen molar-refractivity contribution in [3.8, 4) is 0 Å². The summed E-state index contributed by atoms with van der Waals surface area (Å²) in [4.78, 5) is 27.7. The van der Waals surface area contributed by atoms with Crippen molar-refractivity contribution in [2.24, 2.45) is 0 Å². The highest BCUT2D eigenvalue weighted by atomic mass is 35.5. The lowest BCUT2D eigenvalue weighted by atomic mass is 10.2. The van der Waals surface area contributed by atoms with Crippen molar-refractivity contribution >= 4 is 40.7 Å². The maximum Gasteiger partial charge on any atom is 0.289 e. The van der Waals surface area contributed by atoms with Crippen molar-refractivity contribution < 1.29 is 18.9 Å². The molecule has 2 amide bonds. The van der Waals surface area contributed by atoms with Crippen LogP contribution in [0.1, 0.15) is 17.5 Å². The molecule has 0 unspecified atom stereocenters. The van der Waals surface area contributed by atoms with Gasteiger partial charge in [-0.15, -0.1) is 0 Å². The smallest absolute Gasteiger partial charge is 0.289 e. The number of benzene rings is 1. The number of nitrogens with zero attached hydrogens (tertiary/aromatic N) is 1. The molecule has 0 aliphatic carbocycles. The number of quaternary nitrogens is 1. The number of piperazine rings is 1. The first-order valence-electron chi connectivity index (χ1n) is 8.39. The first kappa shape index (κ1) is 18.8. The number of hydrogen-bond acceptors (Lipinski definition) is 3. The average molecular weight is 397 g/mol. The fraction of sp³-hybridized carbons (Fsp3) is 0.333. The van der Waals surface area contributed by atoms with E-state index in [1.165, 1.54) is 6.26 Å². The van der Waals surface area contributed by atoms with E-state index in [1.807, 2.05) is 6.92 Å². The van der Waals surface area contributed by atoms with Gasteiger partial charge in [-0.1, -0.05) is 29.3 Å². The van der Waals surface area contributed by atoms with Crippen molar-refractivity contribution in [1.82, 2.24) is 4.90 Å². The third-order valence-corrected chi connectivity index (χ3v) is 5.27. The van der Waals surface area contributed by atoms with Crippen LogP contribution >= 0.6 is 23.2 Å². The SMILES string of the molecule is C[C@@H](C(=O)Nc1c(Cl)cccc1Cl)[NH+]1CCN(C(=O)c2ccco2)CC1. The zero-order valence-electron chi connectivity index (χ0n) is 14.3. The molecule has 2 N–H and O–H groups in total. The highest BCUT2D eigenvalue weighted by Gasteiger charge is 2.32. The van der Waals surface area contributed by atoms with Crippen LogP contribution in [0.3, 0.4) is 0 Å². The zero-order chi connectivity index (χ0) is 18.7. The Labute approximate surface area is 161 Å². The molecule has 1 aliphatic heterocycles. The molecule has 3 rings (SSSR count). The number of anilines is 1. The van der Waals surface area contributed by atoms with Gasteiger partial charge in [0.1, 0.15) is 0 Å². The van der Waals surface area contributed by atoms with Crippen molar-refractivity contribution in [3.05, 3.63) is 52.4 Å².